The van der Waals surface area contributed by atoms with Crippen molar-refractivity contribution in [1.82, 2.24) is 9.71 Å². The average Bonchev–Trinajstić information content (AvgIpc) is 2.87. The fraction of sp³-hybridized carbons (Fsp3) is 0.615. The molecule has 1 aliphatic rings. The molecule has 6 heteroatoms. The van der Waals surface area contributed by atoms with Crippen LogP contribution in [-0.4, -0.2) is 19.9 Å². The van der Waals surface area contributed by atoms with Crippen molar-refractivity contribution >= 4 is 21.6 Å². The molecule has 1 aliphatic carbocycles. The van der Waals surface area contributed by atoms with Crippen LogP contribution >= 0.6 is 11.6 Å². The number of aromatic nitrogens is 1. The fourth-order valence-corrected chi connectivity index (χ4v) is 3.85. The lowest BCUT2D eigenvalue weighted by atomic mass is 9.84. The van der Waals surface area contributed by atoms with Gasteiger partial charge in [0.2, 0.25) is 10.0 Å². The van der Waals surface area contributed by atoms with E-state index in [0.717, 1.165) is 19.3 Å². The number of nitrogens with one attached hydrogen (secondary N) is 1. The highest BCUT2D eigenvalue weighted by Gasteiger charge is 2.33. The molecule has 19 heavy (non-hydrogen) atoms. The Morgan fingerprint density at radius 2 is 2.05 bits per heavy atom. The largest absolute Gasteiger partial charge is 0.243 e. The standard InChI is InChI=1S/C13H19ClN2O2S/c1-2-13(7-3-4-8-13)10-16-19(17,18)11-5-6-12(14)15-9-11/h5-6,9,16H,2-4,7-8,10H2,1H3. The second-order valence-corrected chi connectivity index (χ2v) is 7.36. The highest BCUT2D eigenvalue weighted by Crippen LogP contribution is 2.40. The monoisotopic (exact) mass is 302 g/mol. The van der Waals surface area contributed by atoms with E-state index in [9.17, 15) is 8.42 Å². The molecule has 1 aromatic rings. The molecular weight excluding hydrogens is 284 g/mol. The number of rotatable bonds is 5. The first-order valence-electron chi connectivity index (χ1n) is 6.59. The lowest BCUT2D eigenvalue weighted by Crippen LogP contribution is -2.35. The maximum Gasteiger partial charge on any atom is 0.242 e. The van der Waals surface area contributed by atoms with E-state index in [2.05, 4.69) is 16.6 Å². The van der Waals surface area contributed by atoms with Gasteiger partial charge in [0.05, 0.1) is 0 Å². The van der Waals surface area contributed by atoms with Gasteiger partial charge in [-0.25, -0.2) is 18.1 Å². The minimum Gasteiger partial charge on any atom is -0.243 e. The zero-order valence-corrected chi connectivity index (χ0v) is 12.6. The maximum atomic E-state index is 12.2. The summed E-state index contributed by atoms with van der Waals surface area (Å²) in [5, 5.41) is 0.291. The van der Waals surface area contributed by atoms with Crippen molar-refractivity contribution in [1.29, 1.82) is 0 Å². The van der Waals surface area contributed by atoms with E-state index in [4.69, 9.17) is 11.6 Å². The van der Waals surface area contributed by atoms with Crippen LogP contribution in [0.1, 0.15) is 39.0 Å². The number of hydrogen-bond donors (Lipinski definition) is 1. The van der Waals surface area contributed by atoms with Gasteiger partial charge in [0, 0.05) is 12.7 Å². The maximum absolute atomic E-state index is 12.2. The van der Waals surface area contributed by atoms with Crippen LogP contribution in [0.25, 0.3) is 0 Å². The molecular formula is C13H19ClN2O2S. The molecule has 1 aromatic heterocycles. The Hall–Kier alpha value is -0.650. The molecule has 106 valence electrons. The third kappa shape index (κ3) is 3.46. The minimum absolute atomic E-state index is 0.132. The summed E-state index contributed by atoms with van der Waals surface area (Å²) in [6, 6.07) is 2.96. The van der Waals surface area contributed by atoms with Gasteiger partial charge in [0.25, 0.3) is 0 Å². The smallest absolute Gasteiger partial charge is 0.242 e. The molecule has 0 spiro atoms. The number of nitrogens with zero attached hydrogens (tertiary/aromatic N) is 1. The van der Waals surface area contributed by atoms with Gasteiger partial charge in [0.15, 0.2) is 0 Å². The minimum atomic E-state index is -3.48. The fourth-order valence-electron chi connectivity index (χ4n) is 2.63. The van der Waals surface area contributed by atoms with Crippen LogP contribution in [-0.2, 0) is 10.0 Å². The number of pyridine rings is 1. The third-order valence-electron chi connectivity index (χ3n) is 4.06. The topological polar surface area (TPSA) is 59.1 Å². The van der Waals surface area contributed by atoms with Gasteiger partial charge in [0.1, 0.15) is 10.0 Å². The second-order valence-electron chi connectivity index (χ2n) is 5.20. The van der Waals surface area contributed by atoms with Crippen LogP contribution in [0.15, 0.2) is 23.2 Å². The highest BCUT2D eigenvalue weighted by molar-refractivity contribution is 7.89. The van der Waals surface area contributed by atoms with Crippen molar-refractivity contribution in [2.75, 3.05) is 6.54 Å². The lowest BCUT2D eigenvalue weighted by Gasteiger charge is -2.27. The Labute approximate surface area is 119 Å². The molecule has 4 nitrogen and oxygen atoms in total. The summed E-state index contributed by atoms with van der Waals surface area (Å²) in [4.78, 5) is 3.98. The van der Waals surface area contributed by atoms with Gasteiger partial charge in [-0.2, -0.15) is 0 Å². The van der Waals surface area contributed by atoms with E-state index in [-0.39, 0.29) is 10.3 Å². The van der Waals surface area contributed by atoms with E-state index in [1.54, 1.807) is 0 Å². The first-order chi connectivity index (χ1) is 8.97. The summed E-state index contributed by atoms with van der Waals surface area (Å²) in [6.45, 7) is 2.64. The van der Waals surface area contributed by atoms with Gasteiger partial charge in [-0.1, -0.05) is 31.4 Å². The first-order valence-corrected chi connectivity index (χ1v) is 8.45. The van der Waals surface area contributed by atoms with E-state index in [1.807, 2.05) is 0 Å². The van der Waals surface area contributed by atoms with Crippen LogP contribution in [0.3, 0.4) is 0 Å². The van der Waals surface area contributed by atoms with E-state index < -0.39 is 10.0 Å². The SMILES string of the molecule is CCC1(CNS(=O)(=O)c2ccc(Cl)nc2)CCCC1. The molecule has 1 N–H and O–H groups in total. The predicted octanol–water partition coefficient (Wildman–Crippen LogP) is 2.98. The molecule has 0 saturated heterocycles. The van der Waals surface area contributed by atoms with E-state index >= 15 is 0 Å². The number of sulfonamides is 1. The first kappa shape index (κ1) is 14.8. The molecule has 0 atom stereocenters. The van der Waals surface area contributed by atoms with Gasteiger partial charge in [-0.05, 0) is 36.8 Å². The zero-order valence-electron chi connectivity index (χ0n) is 11.0. The Kier molecular flexibility index (Phi) is 4.48. The third-order valence-corrected chi connectivity index (χ3v) is 5.67. The summed E-state index contributed by atoms with van der Waals surface area (Å²) in [5.74, 6) is 0. The molecule has 0 bridgehead atoms. The molecule has 0 aliphatic heterocycles. The summed E-state index contributed by atoms with van der Waals surface area (Å²) < 4.78 is 27.0. The predicted molar refractivity (Wildman–Crippen MR) is 75.6 cm³/mol. The molecule has 1 saturated carbocycles. The summed E-state index contributed by atoms with van der Waals surface area (Å²) in [6.07, 6.45) is 6.89. The van der Waals surface area contributed by atoms with E-state index in [1.165, 1.54) is 31.2 Å². The number of hydrogen-bond acceptors (Lipinski definition) is 3. The quantitative estimate of drug-likeness (QED) is 0.851. The molecule has 0 unspecified atom stereocenters. The van der Waals surface area contributed by atoms with Gasteiger partial charge < -0.3 is 0 Å². The zero-order chi connectivity index (χ0) is 13.9. The average molecular weight is 303 g/mol. The Morgan fingerprint density at radius 3 is 2.58 bits per heavy atom. The Bertz CT molecular complexity index is 522. The van der Waals surface area contributed by atoms with Crippen molar-refractivity contribution in [2.24, 2.45) is 5.41 Å². The summed E-state index contributed by atoms with van der Waals surface area (Å²) >= 11 is 5.66. The van der Waals surface area contributed by atoms with Crippen LogP contribution in [0.4, 0.5) is 0 Å². The molecule has 0 amide bonds. The van der Waals surface area contributed by atoms with Gasteiger partial charge in [-0.3, -0.25) is 0 Å². The molecule has 1 fully saturated rings. The van der Waals surface area contributed by atoms with Crippen LogP contribution < -0.4 is 4.72 Å². The van der Waals surface area contributed by atoms with Gasteiger partial charge in [-0.15, -0.1) is 0 Å². The van der Waals surface area contributed by atoms with Crippen molar-refractivity contribution in [3.05, 3.63) is 23.5 Å². The molecule has 0 radical (unpaired) electrons. The van der Waals surface area contributed by atoms with E-state index in [0.29, 0.717) is 11.7 Å². The van der Waals surface area contributed by atoms with Gasteiger partial charge >= 0.3 is 0 Å². The lowest BCUT2D eigenvalue weighted by molar-refractivity contribution is 0.285. The van der Waals surface area contributed by atoms with Crippen LogP contribution in [0, 0.1) is 5.41 Å². The highest BCUT2D eigenvalue weighted by atomic mass is 35.5. The van der Waals surface area contributed by atoms with Crippen molar-refractivity contribution in [3.63, 3.8) is 0 Å². The van der Waals surface area contributed by atoms with Crippen molar-refractivity contribution < 1.29 is 8.42 Å². The number of halogens is 1. The molecule has 1 heterocycles. The van der Waals surface area contributed by atoms with Crippen molar-refractivity contribution in [2.45, 2.75) is 43.9 Å². The Morgan fingerprint density at radius 1 is 1.37 bits per heavy atom. The van der Waals surface area contributed by atoms with Crippen LogP contribution in [0.2, 0.25) is 5.15 Å². The molecule has 0 aromatic carbocycles. The normalized spacial score (nSPS) is 18.6. The summed E-state index contributed by atoms with van der Waals surface area (Å²) in [5.41, 5.74) is 0.132. The van der Waals surface area contributed by atoms with Crippen LogP contribution in [0.5, 0.6) is 0 Å². The van der Waals surface area contributed by atoms with Crippen molar-refractivity contribution in [3.8, 4) is 0 Å². The second kappa shape index (κ2) is 5.77. The molecule has 2 rings (SSSR count). The summed E-state index contributed by atoms with van der Waals surface area (Å²) in [7, 11) is -3.48. The Balaban J connectivity index is 2.07.